The number of nitrogens with zero attached hydrogens (tertiary/aromatic N) is 1. The first kappa shape index (κ1) is 14.1. The Bertz CT molecular complexity index is 400. The summed E-state index contributed by atoms with van der Waals surface area (Å²) in [7, 11) is 0. The third-order valence-electron chi connectivity index (χ3n) is 4.12. The molecule has 0 saturated carbocycles. The van der Waals surface area contributed by atoms with Crippen LogP contribution in [0.1, 0.15) is 19.4 Å². The molecule has 2 rings (SSSR count). The van der Waals surface area contributed by atoms with E-state index in [1.165, 1.54) is 5.56 Å². The predicted octanol–water partition coefficient (Wildman–Crippen LogP) is 1.93. The lowest BCUT2D eigenvalue weighted by molar-refractivity contribution is -0.137. The largest absolute Gasteiger partial charge is 0.342 e. The number of rotatable bonds is 6. The SMILES string of the molecule is CCN(CCc1ccccc1)C(=O)C(C)C1CNC1. The van der Waals surface area contributed by atoms with E-state index >= 15 is 0 Å². The zero-order chi connectivity index (χ0) is 13.7. The highest BCUT2D eigenvalue weighted by molar-refractivity contribution is 5.79. The second kappa shape index (κ2) is 6.71. The fourth-order valence-corrected chi connectivity index (χ4v) is 2.49. The quantitative estimate of drug-likeness (QED) is 0.847. The normalized spacial score (nSPS) is 16.7. The van der Waals surface area contributed by atoms with Gasteiger partial charge in [0.25, 0.3) is 0 Å². The molecule has 1 amide bonds. The first-order valence-corrected chi connectivity index (χ1v) is 7.25. The lowest BCUT2D eigenvalue weighted by Crippen LogP contribution is -2.50. The minimum atomic E-state index is 0.150. The van der Waals surface area contributed by atoms with Gasteiger partial charge in [0.15, 0.2) is 0 Å². The van der Waals surface area contributed by atoms with E-state index in [1.807, 2.05) is 11.0 Å². The maximum atomic E-state index is 12.4. The molecule has 3 nitrogen and oxygen atoms in total. The number of carbonyl (C=O) groups is 1. The molecular formula is C16H24N2O. The highest BCUT2D eigenvalue weighted by Gasteiger charge is 2.30. The molecule has 104 valence electrons. The van der Waals surface area contributed by atoms with Gasteiger partial charge in [-0.3, -0.25) is 4.79 Å². The molecule has 1 fully saturated rings. The molecule has 1 heterocycles. The van der Waals surface area contributed by atoms with Gasteiger partial charge in [0.05, 0.1) is 0 Å². The number of hydrogen-bond acceptors (Lipinski definition) is 2. The minimum Gasteiger partial charge on any atom is -0.342 e. The monoisotopic (exact) mass is 260 g/mol. The fourth-order valence-electron chi connectivity index (χ4n) is 2.49. The number of nitrogens with one attached hydrogen (secondary N) is 1. The van der Waals surface area contributed by atoms with Crippen LogP contribution < -0.4 is 5.32 Å². The molecule has 1 aromatic carbocycles. The van der Waals surface area contributed by atoms with Crippen molar-refractivity contribution in [1.82, 2.24) is 10.2 Å². The Hall–Kier alpha value is -1.35. The van der Waals surface area contributed by atoms with E-state index < -0.39 is 0 Å². The lowest BCUT2D eigenvalue weighted by atomic mass is 9.88. The van der Waals surface area contributed by atoms with Crippen molar-refractivity contribution in [2.75, 3.05) is 26.2 Å². The summed E-state index contributed by atoms with van der Waals surface area (Å²) in [6.45, 7) is 7.74. The molecule has 1 aliphatic rings. The van der Waals surface area contributed by atoms with Gasteiger partial charge in [-0.25, -0.2) is 0 Å². The zero-order valence-corrected chi connectivity index (χ0v) is 11.9. The number of carbonyl (C=O) groups excluding carboxylic acids is 1. The Morgan fingerprint density at radius 2 is 2.05 bits per heavy atom. The Balaban J connectivity index is 1.86. The number of likely N-dealkylation sites (N-methyl/N-ethyl adjacent to an activating group) is 1. The van der Waals surface area contributed by atoms with Crippen molar-refractivity contribution < 1.29 is 4.79 Å². The van der Waals surface area contributed by atoms with Gasteiger partial charge in [-0.15, -0.1) is 0 Å². The van der Waals surface area contributed by atoms with Crippen LogP contribution in [0, 0.1) is 11.8 Å². The van der Waals surface area contributed by atoms with E-state index in [4.69, 9.17) is 0 Å². The molecule has 19 heavy (non-hydrogen) atoms. The highest BCUT2D eigenvalue weighted by atomic mass is 16.2. The van der Waals surface area contributed by atoms with Gasteiger partial charge in [0.1, 0.15) is 0 Å². The van der Waals surface area contributed by atoms with Crippen LogP contribution in [-0.2, 0) is 11.2 Å². The van der Waals surface area contributed by atoms with Crippen molar-refractivity contribution in [3.63, 3.8) is 0 Å². The molecule has 0 bridgehead atoms. The maximum absolute atomic E-state index is 12.4. The Labute approximate surface area is 116 Å². The molecular weight excluding hydrogens is 236 g/mol. The summed E-state index contributed by atoms with van der Waals surface area (Å²) in [6.07, 6.45) is 0.941. The van der Waals surface area contributed by atoms with Crippen LogP contribution in [0.5, 0.6) is 0 Å². The summed E-state index contributed by atoms with van der Waals surface area (Å²) in [5.74, 6) is 0.986. The van der Waals surface area contributed by atoms with Crippen molar-refractivity contribution >= 4 is 5.91 Å². The smallest absolute Gasteiger partial charge is 0.225 e. The van der Waals surface area contributed by atoms with Gasteiger partial charge >= 0.3 is 0 Å². The van der Waals surface area contributed by atoms with E-state index in [-0.39, 0.29) is 5.92 Å². The third-order valence-corrected chi connectivity index (χ3v) is 4.12. The van der Waals surface area contributed by atoms with Gasteiger partial charge in [-0.2, -0.15) is 0 Å². The number of amides is 1. The van der Waals surface area contributed by atoms with Gasteiger partial charge in [-0.1, -0.05) is 37.3 Å². The molecule has 0 aliphatic carbocycles. The van der Waals surface area contributed by atoms with Crippen LogP contribution in [-0.4, -0.2) is 37.0 Å². The molecule has 0 radical (unpaired) electrons. The first-order chi connectivity index (χ1) is 9.22. The molecule has 1 unspecified atom stereocenters. The highest BCUT2D eigenvalue weighted by Crippen LogP contribution is 2.18. The molecule has 1 aromatic rings. The van der Waals surface area contributed by atoms with Gasteiger partial charge in [0, 0.05) is 19.0 Å². The predicted molar refractivity (Wildman–Crippen MR) is 77.9 cm³/mol. The fraction of sp³-hybridized carbons (Fsp3) is 0.562. The summed E-state index contributed by atoms with van der Waals surface area (Å²) < 4.78 is 0. The van der Waals surface area contributed by atoms with Gasteiger partial charge in [0.2, 0.25) is 5.91 Å². The van der Waals surface area contributed by atoms with Crippen molar-refractivity contribution in [1.29, 1.82) is 0 Å². The van der Waals surface area contributed by atoms with E-state index in [9.17, 15) is 4.79 Å². The summed E-state index contributed by atoms with van der Waals surface area (Å²) in [5, 5.41) is 3.24. The maximum Gasteiger partial charge on any atom is 0.225 e. The van der Waals surface area contributed by atoms with Crippen LogP contribution in [0.2, 0.25) is 0 Å². The van der Waals surface area contributed by atoms with E-state index in [2.05, 4.69) is 43.4 Å². The second-order valence-corrected chi connectivity index (χ2v) is 5.36. The molecule has 1 atom stereocenters. The molecule has 0 spiro atoms. The molecule has 3 heteroatoms. The number of benzene rings is 1. The summed E-state index contributed by atoms with van der Waals surface area (Å²) in [6, 6.07) is 10.4. The van der Waals surface area contributed by atoms with Crippen molar-refractivity contribution in [3.8, 4) is 0 Å². The minimum absolute atomic E-state index is 0.150. The number of hydrogen-bond donors (Lipinski definition) is 1. The average Bonchev–Trinajstić information content (AvgIpc) is 2.38. The summed E-state index contributed by atoms with van der Waals surface area (Å²) in [5.41, 5.74) is 1.30. The molecule has 0 aromatic heterocycles. The molecule has 1 aliphatic heterocycles. The third kappa shape index (κ3) is 3.57. The van der Waals surface area contributed by atoms with Crippen molar-refractivity contribution in [2.24, 2.45) is 11.8 Å². The first-order valence-electron chi connectivity index (χ1n) is 7.25. The average molecular weight is 260 g/mol. The topological polar surface area (TPSA) is 32.3 Å². The van der Waals surface area contributed by atoms with Crippen LogP contribution >= 0.6 is 0 Å². The summed E-state index contributed by atoms with van der Waals surface area (Å²) >= 11 is 0. The van der Waals surface area contributed by atoms with Crippen LogP contribution in [0.15, 0.2) is 30.3 Å². The van der Waals surface area contributed by atoms with Crippen molar-refractivity contribution in [2.45, 2.75) is 20.3 Å². The lowest BCUT2D eigenvalue weighted by Gasteiger charge is -2.34. The van der Waals surface area contributed by atoms with Crippen LogP contribution in [0.25, 0.3) is 0 Å². The van der Waals surface area contributed by atoms with E-state index in [0.717, 1.165) is 32.6 Å². The Kier molecular flexibility index (Phi) is 4.97. The van der Waals surface area contributed by atoms with E-state index in [1.54, 1.807) is 0 Å². The Morgan fingerprint density at radius 3 is 2.58 bits per heavy atom. The standard InChI is InChI=1S/C16H24N2O/c1-3-18(10-9-14-7-5-4-6-8-14)16(19)13(2)15-11-17-12-15/h4-8,13,15,17H,3,9-12H2,1-2H3. The second-order valence-electron chi connectivity index (χ2n) is 5.36. The Morgan fingerprint density at radius 1 is 1.37 bits per heavy atom. The zero-order valence-electron chi connectivity index (χ0n) is 11.9. The van der Waals surface area contributed by atoms with Crippen LogP contribution in [0.3, 0.4) is 0 Å². The van der Waals surface area contributed by atoms with Gasteiger partial charge in [-0.05, 0) is 37.9 Å². The molecule has 1 N–H and O–H groups in total. The molecule has 1 saturated heterocycles. The van der Waals surface area contributed by atoms with Crippen molar-refractivity contribution in [3.05, 3.63) is 35.9 Å². The van der Waals surface area contributed by atoms with Crippen LogP contribution in [0.4, 0.5) is 0 Å². The summed E-state index contributed by atoms with van der Waals surface area (Å²) in [4.78, 5) is 14.4. The van der Waals surface area contributed by atoms with Gasteiger partial charge < -0.3 is 10.2 Å². The van der Waals surface area contributed by atoms with E-state index in [0.29, 0.717) is 11.8 Å².